The first-order valence-electron chi connectivity index (χ1n) is 5.19. The molecule has 0 aromatic heterocycles. The lowest BCUT2D eigenvalue weighted by Crippen LogP contribution is -2.32. The predicted octanol–water partition coefficient (Wildman–Crippen LogP) is 3.16. The Balaban J connectivity index is 2.52. The van der Waals surface area contributed by atoms with Crippen molar-refractivity contribution in [1.29, 1.82) is 0 Å². The number of carbonyl (C=O) groups excluding carboxylic acids is 1. The minimum atomic E-state index is 0.0205. The minimum Gasteiger partial charge on any atom is -0.350 e. The fourth-order valence-electron chi connectivity index (χ4n) is 1.30. The lowest BCUT2D eigenvalue weighted by Gasteiger charge is -2.13. The molecule has 1 atom stereocenters. The number of nitrogens with one attached hydrogen (secondary N) is 1. The molecule has 0 saturated carbocycles. The molecule has 1 amide bonds. The van der Waals surface area contributed by atoms with Gasteiger partial charge in [-0.3, -0.25) is 4.79 Å². The molecule has 0 saturated heterocycles. The SMILES string of the molecule is CSCCC(C)NC(=O)c1cccc(I)c1. The highest BCUT2D eigenvalue weighted by Gasteiger charge is 2.09. The van der Waals surface area contributed by atoms with Crippen LogP contribution in [0.1, 0.15) is 23.7 Å². The van der Waals surface area contributed by atoms with Crippen molar-refractivity contribution in [3.05, 3.63) is 33.4 Å². The Morgan fingerprint density at radius 2 is 2.31 bits per heavy atom. The molecule has 0 fully saturated rings. The highest BCUT2D eigenvalue weighted by atomic mass is 127. The largest absolute Gasteiger partial charge is 0.350 e. The van der Waals surface area contributed by atoms with Crippen molar-refractivity contribution in [2.24, 2.45) is 0 Å². The summed E-state index contributed by atoms with van der Waals surface area (Å²) in [6.07, 6.45) is 3.09. The van der Waals surface area contributed by atoms with E-state index < -0.39 is 0 Å². The molecule has 2 nitrogen and oxygen atoms in total. The third kappa shape index (κ3) is 4.74. The summed E-state index contributed by atoms with van der Waals surface area (Å²) in [5.74, 6) is 1.10. The van der Waals surface area contributed by atoms with Gasteiger partial charge in [-0.1, -0.05) is 6.07 Å². The summed E-state index contributed by atoms with van der Waals surface area (Å²) in [5.41, 5.74) is 0.739. The maximum absolute atomic E-state index is 11.8. The Kier molecular flexibility index (Phi) is 6.20. The van der Waals surface area contributed by atoms with Crippen molar-refractivity contribution in [2.45, 2.75) is 19.4 Å². The standard InChI is InChI=1S/C12H16INOS/c1-9(6-7-16-2)14-12(15)10-4-3-5-11(13)8-10/h3-5,8-9H,6-7H2,1-2H3,(H,14,15). The number of benzene rings is 1. The van der Waals surface area contributed by atoms with Crippen LogP contribution >= 0.6 is 34.4 Å². The number of halogens is 1. The van der Waals surface area contributed by atoms with Crippen molar-refractivity contribution < 1.29 is 4.79 Å². The van der Waals surface area contributed by atoms with Crippen LogP contribution in [0.5, 0.6) is 0 Å². The molecule has 1 unspecified atom stereocenters. The van der Waals surface area contributed by atoms with Crippen molar-refractivity contribution in [3.63, 3.8) is 0 Å². The second-order valence-corrected chi connectivity index (χ2v) is 5.90. The van der Waals surface area contributed by atoms with Gasteiger partial charge < -0.3 is 5.32 Å². The van der Waals surface area contributed by atoms with Crippen LogP contribution in [0.2, 0.25) is 0 Å². The van der Waals surface area contributed by atoms with Gasteiger partial charge in [0, 0.05) is 15.2 Å². The maximum atomic E-state index is 11.8. The first kappa shape index (κ1) is 13.8. The van der Waals surface area contributed by atoms with E-state index in [0.29, 0.717) is 0 Å². The van der Waals surface area contributed by atoms with Crippen LogP contribution in [0.3, 0.4) is 0 Å². The molecular weight excluding hydrogens is 333 g/mol. The van der Waals surface area contributed by atoms with E-state index in [1.165, 1.54) is 0 Å². The van der Waals surface area contributed by atoms with Crippen LogP contribution in [0.15, 0.2) is 24.3 Å². The molecule has 1 aromatic carbocycles. The number of hydrogen-bond acceptors (Lipinski definition) is 2. The van der Waals surface area contributed by atoms with Gasteiger partial charge in [0.2, 0.25) is 0 Å². The zero-order valence-corrected chi connectivity index (χ0v) is 12.5. The van der Waals surface area contributed by atoms with Crippen LogP contribution in [0, 0.1) is 3.57 Å². The highest BCUT2D eigenvalue weighted by molar-refractivity contribution is 14.1. The summed E-state index contributed by atoms with van der Waals surface area (Å²) in [6, 6.07) is 7.87. The fraction of sp³-hybridized carbons (Fsp3) is 0.417. The van der Waals surface area contributed by atoms with Gasteiger partial charge >= 0.3 is 0 Å². The van der Waals surface area contributed by atoms with E-state index in [1.54, 1.807) is 11.8 Å². The van der Waals surface area contributed by atoms with Gasteiger partial charge in [0.1, 0.15) is 0 Å². The summed E-state index contributed by atoms with van der Waals surface area (Å²) in [4.78, 5) is 11.8. The average Bonchev–Trinajstić information content (AvgIpc) is 2.26. The Bertz CT molecular complexity index is 357. The topological polar surface area (TPSA) is 29.1 Å². The Hall–Kier alpha value is -0.230. The molecule has 1 aromatic rings. The van der Waals surface area contributed by atoms with Crippen LogP contribution in [0.4, 0.5) is 0 Å². The molecule has 1 N–H and O–H groups in total. The monoisotopic (exact) mass is 349 g/mol. The highest BCUT2D eigenvalue weighted by Crippen LogP contribution is 2.08. The predicted molar refractivity (Wildman–Crippen MR) is 79.1 cm³/mol. The van der Waals surface area contributed by atoms with E-state index in [1.807, 2.05) is 31.2 Å². The molecule has 0 bridgehead atoms. The lowest BCUT2D eigenvalue weighted by molar-refractivity contribution is 0.0939. The molecular formula is C12H16INOS. The fourth-order valence-corrected chi connectivity index (χ4v) is 2.44. The zero-order valence-electron chi connectivity index (χ0n) is 9.50. The average molecular weight is 349 g/mol. The summed E-state index contributed by atoms with van der Waals surface area (Å²) >= 11 is 4.01. The van der Waals surface area contributed by atoms with Gasteiger partial charge in [0.25, 0.3) is 5.91 Å². The third-order valence-electron chi connectivity index (χ3n) is 2.22. The molecule has 0 aliphatic carbocycles. The summed E-state index contributed by atoms with van der Waals surface area (Å²) < 4.78 is 1.09. The van der Waals surface area contributed by atoms with Gasteiger partial charge in [-0.2, -0.15) is 11.8 Å². The number of hydrogen-bond donors (Lipinski definition) is 1. The van der Waals surface area contributed by atoms with Crippen molar-refractivity contribution >= 4 is 40.3 Å². The zero-order chi connectivity index (χ0) is 12.0. The third-order valence-corrected chi connectivity index (χ3v) is 3.53. The van der Waals surface area contributed by atoms with E-state index >= 15 is 0 Å². The first-order chi connectivity index (χ1) is 7.63. The minimum absolute atomic E-state index is 0.0205. The van der Waals surface area contributed by atoms with Crippen LogP contribution in [0.25, 0.3) is 0 Å². The van der Waals surface area contributed by atoms with E-state index in [4.69, 9.17) is 0 Å². The van der Waals surface area contributed by atoms with Gasteiger partial charge in [-0.15, -0.1) is 0 Å². The van der Waals surface area contributed by atoms with Crippen LogP contribution < -0.4 is 5.32 Å². The molecule has 0 aliphatic heterocycles. The molecule has 16 heavy (non-hydrogen) atoms. The van der Waals surface area contributed by atoms with Gasteiger partial charge in [0.15, 0.2) is 0 Å². The van der Waals surface area contributed by atoms with E-state index in [9.17, 15) is 4.79 Å². The first-order valence-corrected chi connectivity index (χ1v) is 7.66. The Labute approximate surface area is 115 Å². The quantitative estimate of drug-likeness (QED) is 0.828. The molecule has 0 radical (unpaired) electrons. The van der Waals surface area contributed by atoms with Crippen molar-refractivity contribution in [1.82, 2.24) is 5.32 Å². The Morgan fingerprint density at radius 1 is 1.56 bits per heavy atom. The number of amides is 1. The van der Waals surface area contributed by atoms with Gasteiger partial charge in [-0.25, -0.2) is 0 Å². The molecule has 88 valence electrons. The van der Waals surface area contributed by atoms with Crippen LogP contribution in [-0.2, 0) is 0 Å². The normalized spacial score (nSPS) is 12.2. The molecule has 1 rings (SSSR count). The summed E-state index contributed by atoms with van der Waals surface area (Å²) in [6.45, 7) is 2.04. The second kappa shape index (κ2) is 7.17. The maximum Gasteiger partial charge on any atom is 0.251 e. The molecule has 0 spiro atoms. The van der Waals surface area contributed by atoms with Crippen LogP contribution in [-0.4, -0.2) is 24.0 Å². The van der Waals surface area contributed by atoms with Gasteiger partial charge in [0.05, 0.1) is 0 Å². The van der Waals surface area contributed by atoms with E-state index in [2.05, 4.69) is 34.2 Å². The Morgan fingerprint density at radius 3 is 2.94 bits per heavy atom. The number of carbonyl (C=O) groups is 1. The van der Waals surface area contributed by atoms with Crippen molar-refractivity contribution in [2.75, 3.05) is 12.0 Å². The van der Waals surface area contributed by atoms with E-state index in [-0.39, 0.29) is 11.9 Å². The molecule has 0 heterocycles. The smallest absolute Gasteiger partial charge is 0.251 e. The summed E-state index contributed by atoms with van der Waals surface area (Å²) in [7, 11) is 0. The molecule has 4 heteroatoms. The second-order valence-electron chi connectivity index (χ2n) is 3.67. The van der Waals surface area contributed by atoms with Gasteiger partial charge in [-0.05, 0) is 66.1 Å². The number of thioether (sulfide) groups is 1. The lowest BCUT2D eigenvalue weighted by atomic mass is 10.2. The van der Waals surface area contributed by atoms with Crippen molar-refractivity contribution in [3.8, 4) is 0 Å². The van der Waals surface area contributed by atoms with E-state index in [0.717, 1.165) is 21.3 Å². The molecule has 0 aliphatic rings. The summed E-state index contributed by atoms with van der Waals surface area (Å²) in [5, 5.41) is 3.00. The number of rotatable bonds is 5.